The molecule has 0 saturated carbocycles. The Kier molecular flexibility index (Phi) is 4.50. The van der Waals surface area contributed by atoms with Gasteiger partial charge in [-0.2, -0.15) is 0 Å². The van der Waals surface area contributed by atoms with Crippen molar-refractivity contribution in [1.82, 2.24) is 4.90 Å². The van der Waals surface area contributed by atoms with Gasteiger partial charge in [0.1, 0.15) is 5.82 Å². The van der Waals surface area contributed by atoms with Gasteiger partial charge in [0.15, 0.2) is 6.23 Å². The van der Waals surface area contributed by atoms with E-state index >= 15 is 0 Å². The summed E-state index contributed by atoms with van der Waals surface area (Å²) in [5, 5.41) is 17.8. The highest BCUT2D eigenvalue weighted by Crippen LogP contribution is 2.26. The van der Waals surface area contributed by atoms with Crippen molar-refractivity contribution in [3.05, 3.63) is 35.1 Å². The summed E-state index contributed by atoms with van der Waals surface area (Å²) in [6.07, 6.45) is 1.43. The molecule has 0 aliphatic carbocycles. The molecule has 0 spiro atoms. The molecule has 19 heavy (non-hydrogen) atoms. The van der Waals surface area contributed by atoms with E-state index in [0.717, 1.165) is 24.7 Å². The third-order valence-corrected chi connectivity index (χ3v) is 3.47. The van der Waals surface area contributed by atoms with Crippen molar-refractivity contribution < 1.29 is 14.2 Å². The number of hydrogen-bond acceptors (Lipinski definition) is 3. The van der Waals surface area contributed by atoms with Crippen molar-refractivity contribution in [2.24, 2.45) is 0 Å². The van der Waals surface area contributed by atoms with E-state index in [-0.39, 0.29) is 11.6 Å². The van der Waals surface area contributed by atoms with Crippen LogP contribution in [0.3, 0.4) is 0 Å². The summed E-state index contributed by atoms with van der Waals surface area (Å²) in [7, 11) is 0. The lowest BCUT2D eigenvalue weighted by molar-refractivity contribution is -0.0162. The minimum Gasteiger partial charge on any atom is -0.381 e. The van der Waals surface area contributed by atoms with Crippen LogP contribution in [0.1, 0.15) is 30.2 Å². The van der Waals surface area contributed by atoms with Crippen LogP contribution in [0.5, 0.6) is 0 Å². The van der Waals surface area contributed by atoms with Gasteiger partial charge in [0.05, 0.1) is 6.34 Å². The molecule has 1 fully saturated rings. The molecule has 0 radical (unpaired) electrons. The second-order valence-electron chi connectivity index (χ2n) is 4.82. The highest BCUT2D eigenvalue weighted by Gasteiger charge is 2.27. The molecule has 1 aromatic carbocycles. The first kappa shape index (κ1) is 14.0. The predicted molar refractivity (Wildman–Crippen MR) is 70.6 cm³/mol. The van der Waals surface area contributed by atoms with Crippen LogP contribution in [0.2, 0.25) is 0 Å². The fourth-order valence-corrected chi connectivity index (χ4v) is 2.38. The molecular weight excluding hydrogens is 247 g/mol. The molecule has 0 amide bonds. The fraction of sp³-hybridized carbons (Fsp3) is 0.500. The number of nitrogens with one attached hydrogen (secondary N) is 1. The molecule has 5 heteroatoms. The van der Waals surface area contributed by atoms with Gasteiger partial charge >= 0.3 is 0 Å². The molecule has 1 saturated heterocycles. The number of hydrogen-bond donors (Lipinski definition) is 2. The summed E-state index contributed by atoms with van der Waals surface area (Å²) >= 11 is 0. The van der Waals surface area contributed by atoms with Gasteiger partial charge in [-0.25, -0.2) is 4.39 Å². The normalized spacial score (nSPS) is 18.1. The Morgan fingerprint density at radius 3 is 2.79 bits per heavy atom. The summed E-state index contributed by atoms with van der Waals surface area (Å²) in [4.78, 5) is 1.50. The van der Waals surface area contributed by atoms with E-state index in [0.29, 0.717) is 13.2 Å². The maximum Gasteiger partial charge on any atom is 0.157 e. The van der Waals surface area contributed by atoms with Crippen LogP contribution < -0.4 is 0 Å². The molecule has 0 bridgehead atoms. The number of aryl methyl sites for hydroxylation is 1. The van der Waals surface area contributed by atoms with Crippen LogP contribution in [-0.2, 0) is 4.74 Å². The first-order valence-corrected chi connectivity index (χ1v) is 6.43. The standard InChI is InChI=1S/C14H19FN2O2/c1-10-2-3-13(15)12(8-10)14(18)17(9-16)11-4-6-19-7-5-11/h2-3,8-9,11,14,16,18H,4-7H2,1H3. The Morgan fingerprint density at radius 1 is 1.47 bits per heavy atom. The van der Waals surface area contributed by atoms with E-state index in [1.54, 1.807) is 12.1 Å². The number of benzene rings is 1. The molecule has 2 N–H and O–H groups in total. The van der Waals surface area contributed by atoms with Crippen molar-refractivity contribution in [1.29, 1.82) is 5.41 Å². The summed E-state index contributed by atoms with van der Waals surface area (Å²) < 4.78 is 19.1. The molecular formula is C14H19FN2O2. The van der Waals surface area contributed by atoms with Crippen molar-refractivity contribution in [2.75, 3.05) is 13.2 Å². The number of aliphatic hydroxyl groups is 1. The Bertz CT molecular complexity index is 447. The van der Waals surface area contributed by atoms with Gasteiger partial charge in [-0.05, 0) is 31.9 Å². The van der Waals surface area contributed by atoms with Crippen LogP contribution in [0.25, 0.3) is 0 Å². The highest BCUT2D eigenvalue weighted by molar-refractivity contribution is 5.52. The number of halogens is 1. The van der Waals surface area contributed by atoms with Crippen LogP contribution >= 0.6 is 0 Å². The average molecular weight is 266 g/mol. The average Bonchev–Trinajstić information content (AvgIpc) is 2.43. The molecule has 1 heterocycles. The lowest BCUT2D eigenvalue weighted by Crippen LogP contribution is -2.41. The van der Waals surface area contributed by atoms with Crippen LogP contribution in [0, 0.1) is 18.2 Å². The minimum atomic E-state index is -1.12. The number of rotatable bonds is 4. The second kappa shape index (κ2) is 6.12. The quantitative estimate of drug-likeness (QED) is 0.499. The first-order chi connectivity index (χ1) is 9.13. The van der Waals surface area contributed by atoms with E-state index in [2.05, 4.69) is 0 Å². The Hall–Kier alpha value is -1.46. The number of nitrogens with zero attached hydrogens (tertiary/aromatic N) is 1. The Balaban J connectivity index is 2.21. The zero-order valence-corrected chi connectivity index (χ0v) is 11.0. The lowest BCUT2D eigenvalue weighted by atomic mass is 10.0. The maximum atomic E-state index is 13.8. The molecule has 1 atom stereocenters. The predicted octanol–water partition coefficient (Wildman–Crippen LogP) is 2.21. The highest BCUT2D eigenvalue weighted by atomic mass is 19.1. The zero-order valence-electron chi connectivity index (χ0n) is 11.0. The Morgan fingerprint density at radius 2 is 2.16 bits per heavy atom. The summed E-state index contributed by atoms with van der Waals surface area (Å²) in [6, 6.07) is 4.64. The van der Waals surface area contributed by atoms with Crippen LogP contribution in [-0.4, -0.2) is 35.6 Å². The first-order valence-electron chi connectivity index (χ1n) is 6.43. The lowest BCUT2D eigenvalue weighted by Gasteiger charge is -2.36. The maximum absolute atomic E-state index is 13.8. The van der Waals surface area contributed by atoms with Crippen molar-refractivity contribution in [3.8, 4) is 0 Å². The summed E-state index contributed by atoms with van der Waals surface area (Å²) in [6.45, 7) is 3.06. The third-order valence-electron chi connectivity index (χ3n) is 3.47. The molecule has 4 nitrogen and oxygen atoms in total. The molecule has 1 aliphatic heterocycles. The molecule has 1 unspecified atom stereocenters. The second-order valence-corrected chi connectivity index (χ2v) is 4.82. The third kappa shape index (κ3) is 3.11. The monoisotopic (exact) mass is 266 g/mol. The Labute approximate surface area is 112 Å². The van der Waals surface area contributed by atoms with E-state index < -0.39 is 12.0 Å². The summed E-state index contributed by atoms with van der Waals surface area (Å²) in [5.74, 6) is -0.447. The number of ether oxygens (including phenoxy) is 1. The molecule has 0 aromatic heterocycles. The van der Waals surface area contributed by atoms with Gasteiger partial charge in [-0.15, -0.1) is 0 Å². The van der Waals surface area contributed by atoms with Crippen molar-refractivity contribution in [2.45, 2.75) is 32.0 Å². The van der Waals surface area contributed by atoms with Crippen LogP contribution in [0.15, 0.2) is 18.2 Å². The van der Waals surface area contributed by atoms with Gasteiger partial charge in [0.2, 0.25) is 0 Å². The SMILES string of the molecule is Cc1ccc(F)c(C(O)N(C=N)C2CCOCC2)c1. The topological polar surface area (TPSA) is 56.5 Å². The molecule has 2 rings (SSSR count). The van der Waals surface area contributed by atoms with Crippen molar-refractivity contribution >= 4 is 6.34 Å². The zero-order chi connectivity index (χ0) is 13.8. The van der Waals surface area contributed by atoms with E-state index in [1.165, 1.54) is 11.0 Å². The van der Waals surface area contributed by atoms with Gasteiger partial charge in [-0.3, -0.25) is 5.41 Å². The van der Waals surface area contributed by atoms with Gasteiger partial charge in [0.25, 0.3) is 0 Å². The molecule has 104 valence electrons. The van der Waals surface area contributed by atoms with E-state index in [1.807, 2.05) is 6.92 Å². The number of aliphatic hydroxyl groups excluding tert-OH is 1. The smallest absolute Gasteiger partial charge is 0.157 e. The van der Waals surface area contributed by atoms with Crippen molar-refractivity contribution in [3.63, 3.8) is 0 Å². The van der Waals surface area contributed by atoms with E-state index in [4.69, 9.17) is 10.1 Å². The largest absolute Gasteiger partial charge is 0.381 e. The van der Waals surface area contributed by atoms with Gasteiger partial charge in [-0.1, -0.05) is 11.6 Å². The molecule has 1 aromatic rings. The van der Waals surface area contributed by atoms with Gasteiger partial charge < -0.3 is 14.7 Å². The van der Waals surface area contributed by atoms with E-state index in [9.17, 15) is 9.50 Å². The molecule has 1 aliphatic rings. The van der Waals surface area contributed by atoms with Gasteiger partial charge in [0, 0.05) is 24.8 Å². The summed E-state index contributed by atoms with van der Waals surface area (Å²) in [5.41, 5.74) is 1.10. The fourth-order valence-electron chi connectivity index (χ4n) is 2.38. The minimum absolute atomic E-state index is 0.0150. The van der Waals surface area contributed by atoms with Crippen LogP contribution in [0.4, 0.5) is 4.39 Å².